The lowest BCUT2D eigenvalue weighted by Crippen LogP contribution is -2.45. The van der Waals surface area contributed by atoms with Crippen LogP contribution in [0.3, 0.4) is 0 Å². The van der Waals surface area contributed by atoms with Crippen molar-refractivity contribution >= 4 is 17.6 Å². The van der Waals surface area contributed by atoms with Crippen LogP contribution in [-0.4, -0.2) is 44.6 Å². The number of rotatable bonds is 5. The summed E-state index contributed by atoms with van der Waals surface area (Å²) in [5.41, 5.74) is 1.31. The first-order valence-electron chi connectivity index (χ1n) is 8.91. The fraction of sp³-hybridized carbons (Fsp3) is 0.632. The van der Waals surface area contributed by atoms with Gasteiger partial charge in [-0.1, -0.05) is 37.6 Å². The van der Waals surface area contributed by atoms with Gasteiger partial charge in [0.15, 0.2) is 5.96 Å². The van der Waals surface area contributed by atoms with Gasteiger partial charge in [-0.25, -0.2) is 0 Å². The van der Waals surface area contributed by atoms with Gasteiger partial charge in [-0.3, -0.25) is 9.89 Å². The lowest BCUT2D eigenvalue weighted by molar-refractivity contribution is 0.122. The molecule has 1 aliphatic heterocycles. The predicted octanol–water partition coefficient (Wildman–Crippen LogP) is 3.54. The first-order valence-corrected chi connectivity index (χ1v) is 9.29. The van der Waals surface area contributed by atoms with Crippen molar-refractivity contribution in [2.24, 2.45) is 16.8 Å². The summed E-state index contributed by atoms with van der Waals surface area (Å²) in [7, 11) is 4.04. The summed E-state index contributed by atoms with van der Waals surface area (Å²) >= 11 is 6.22. The molecule has 1 aliphatic rings. The molecule has 2 N–H and O–H groups in total. The second-order valence-corrected chi connectivity index (χ2v) is 7.55. The van der Waals surface area contributed by atoms with Crippen LogP contribution in [0, 0.1) is 11.8 Å². The highest BCUT2D eigenvalue weighted by molar-refractivity contribution is 6.30. The summed E-state index contributed by atoms with van der Waals surface area (Å²) < 4.78 is 0. The molecule has 1 fully saturated rings. The molecular formula is C19H31ClN4. The number of guanidine groups is 1. The zero-order valence-corrected chi connectivity index (χ0v) is 16.1. The van der Waals surface area contributed by atoms with E-state index in [-0.39, 0.29) is 0 Å². The highest BCUT2D eigenvalue weighted by Crippen LogP contribution is 2.35. The number of nitrogens with one attached hydrogen (secondary N) is 2. The van der Waals surface area contributed by atoms with E-state index < -0.39 is 0 Å². The van der Waals surface area contributed by atoms with Crippen molar-refractivity contribution in [3.8, 4) is 0 Å². The van der Waals surface area contributed by atoms with Gasteiger partial charge in [0.05, 0.1) is 0 Å². The molecule has 134 valence electrons. The van der Waals surface area contributed by atoms with Crippen molar-refractivity contribution in [1.82, 2.24) is 15.5 Å². The van der Waals surface area contributed by atoms with Crippen molar-refractivity contribution in [2.75, 3.05) is 33.7 Å². The normalized spacial score (nSPS) is 22.7. The largest absolute Gasteiger partial charge is 0.356 e. The van der Waals surface area contributed by atoms with Crippen molar-refractivity contribution in [1.29, 1.82) is 0 Å². The molecule has 0 radical (unpaired) electrons. The third kappa shape index (κ3) is 5.38. The molecule has 0 saturated carbocycles. The zero-order chi connectivity index (χ0) is 17.5. The molecule has 1 aromatic carbocycles. The fourth-order valence-electron chi connectivity index (χ4n) is 3.44. The maximum atomic E-state index is 6.22. The molecule has 0 amide bonds. The van der Waals surface area contributed by atoms with Gasteiger partial charge in [0.25, 0.3) is 0 Å². The Kier molecular flexibility index (Phi) is 7.38. The van der Waals surface area contributed by atoms with Crippen LogP contribution in [0.25, 0.3) is 0 Å². The minimum absolute atomic E-state index is 0.396. The molecule has 0 aromatic heterocycles. The van der Waals surface area contributed by atoms with Gasteiger partial charge in [0.1, 0.15) is 0 Å². The first-order chi connectivity index (χ1) is 11.5. The Balaban J connectivity index is 2.03. The van der Waals surface area contributed by atoms with Crippen molar-refractivity contribution in [3.05, 3.63) is 34.9 Å². The van der Waals surface area contributed by atoms with E-state index >= 15 is 0 Å². The number of nitrogens with zero attached hydrogens (tertiary/aromatic N) is 2. The van der Waals surface area contributed by atoms with Crippen LogP contribution in [0.2, 0.25) is 5.02 Å². The Morgan fingerprint density at radius 3 is 2.83 bits per heavy atom. The molecule has 0 bridgehead atoms. The van der Waals surface area contributed by atoms with Crippen LogP contribution in [0.4, 0.5) is 0 Å². The molecule has 1 aromatic rings. The Hall–Kier alpha value is -1.26. The summed E-state index contributed by atoms with van der Waals surface area (Å²) in [6.07, 6.45) is 2.45. The van der Waals surface area contributed by atoms with Crippen LogP contribution < -0.4 is 10.6 Å². The van der Waals surface area contributed by atoms with E-state index in [0.717, 1.165) is 30.6 Å². The van der Waals surface area contributed by atoms with E-state index in [0.29, 0.717) is 17.9 Å². The van der Waals surface area contributed by atoms with E-state index in [2.05, 4.69) is 53.6 Å². The molecule has 24 heavy (non-hydrogen) atoms. The molecule has 2 unspecified atom stereocenters. The average molecular weight is 351 g/mol. The quantitative estimate of drug-likeness (QED) is 0.630. The molecule has 2 atom stereocenters. The summed E-state index contributed by atoms with van der Waals surface area (Å²) in [6, 6.07) is 8.68. The van der Waals surface area contributed by atoms with E-state index in [4.69, 9.17) is 11.6 Å². The summed E-state index contributed by atoms with van der Waals surface area (Å²) in [5.74, 6) is 2.03. The molecule has 1 saturated heterocycles. The van der Waals surface area contributed by atoms with Gasteiger partial charge in [-0.15, -0.1) is 0 Å². The Morgan fingerprint density at radius 2 is 2.17 bits per heavy atom. The average Bonchev–Trinajstić information content (AvgIpc) is 2.54. The SMILES string of the molecule is CN=C(NCC(C)C)NCC1CCCN(C)C1c1cccc(Cl)c1. The molecule has 4 nitrogen and oxygen atoms in total. The minimum atomic E-state index is 0.396. The zero-order valence-electron chi connectivity index (χ0n) is 15.3. The number of benzene rings is 1. The summed E-state index contributed by atoms with van der Waals surface area (Å²) in [5, 5.41) is 7.71. The van der Waals surface area contributed by atoms with Crippen molar-refractivity contribution < 1.29 is 0 Å². The number of aliphatic imine (C=N–C) groups is 1. The van der Waals surface area contributed by atoms with E-state index in [1.807, 2.05) is 19.2 Å². The van der Waals surface area contributed by atoms with Gasteiger partial charge in [-0.05, 0) is 56.0 Å². The number of halogens is 1. The van der Waals surface area contributed by atoms with Gasteiger partial charge in [-0.2, -0.15) is 0 Å². The topological polar surface area (TPSA) is 39.7 Å². The van der Waals surface area contributed by atoms with Crippen LogP contribution in [0.5, 0.6) is 0 Å². The summed E-state index contributed by atoms with van der Waals surface area (Å²) in [4.78, 5) is 6.79. The maximum Gasteiger partial charge on any atom is 0.190 e. The predicted molar refractivity (Wildman–Crippen MR) is 104 cm³/mol. The number of likely N-dealkylation sites (tertiary alicyclic amines) is 1. The number of hydrogen-bond donors (Lipinski definition) is 2. The molecule has 2 rings (SSSR count). The molecule has 5 heteroatoms. The first kappa shape index (κ1) is 19.1. The second kappa shape index (κ2) is 9.28. The Labute approximate surface area is 151 Å². The lowest BCUT2D eigenvalue weighted by Gasteiger charge is -2.40. The van der Waals surface area contributed by atoms with E-state index in [1.54, 1.807) is 0 Å². The number of hydrogen-bond acceptors (Lipinski definition) is 2. The lowest BCUT2D eigenvalue weighted by atomic mass is 9.85. The molecule has 0 aliphatic carbocycles. The summed E-state index contributed by atoms with van der Waals surface area (Å²) in [6.45, 7) is 7.38. The van der Waals surface area contributed by atoms with Crippen LogP contribution in [0.15, 0.2) is 29.3 Å². The standard InChI is InChI=1S/C19H31ClN4/c1-14(2)12-22-19(21-3)23-13-16-8-6-10-24(4)18(16)15-7-5-9-17(20)11-15/h5,7,9,11,14,16,18H,6,8,10,12-13H2,1-4H3,(H2,21,22,23). The van der Waals surface area contributed by atoms with E-state index in [1.165, 1.54) is 18.4 Å². The number of piperidine rings is 1. The third-order valence-electron chi connectivity index (χ3n) is 4.63. The van der Waals surface area contributed by atoms with Crippen molar-refractivity contribution in [3.63, 3.8) is 0 Å². The molecule has 0 spiro atoms. The highest BCUT2D eigenvalue weighted by Gasteiger charge is 2.30. The highest BCUT2D eigenvalue weighted by atomic mass is 35.5. The van der Waals surface area contributed by atoms with E-state index in [9.17, 15) is 0 Å². The van der Waals surface area contributed by atoms with Crippen molar-refractivity contribution in [2.45, 2.75) is 32.7 Å². The molecular weight excluding hydrogens is 320 g/mol. The monoisotopic (exact) mass is 350 g/mol. The smallest absolute Gasteiger partial charge is 0.190 e. The van der Waals surface area contributed by atoms with Gasteiger partial charge in [0, 0.05) is 31.2 Å². The van der Waals surface area contributed by atoms with Crippen LogP contribution in [-0.2, 0) is 0 Å². The Bertz CT molecular complexity index is 544. The van der Waals surface area contributed by atoms with Gasteiger partial charge in [0.2, 0.25) is 0 Å². The molecule has 1 heterocycles. The maximum absolute atomic E-state index is 6.22. The van der Waals surface area contributed by atoms with Crippen LogP contribution >= 0.6 is 11.6 Å². The second-order valence-electron chi connectivity index (χ2n) is 7.11. The third-order valence-corrected chi connectivity index (χ3v) is 4.87. The fourth-order valence-corrected chi connectivity index (χ4v) is 3.64. The van der Waals surface area contributed by atoms with Gasteiger partial charge < -0.3 is 10.6 Å². The van der Waals surface area contributed by atoms with Gasteiger partial charge >= 0.3 is 0 Å². The van der Waals surface area contributed by atoms with Crippen LogP contribution in [0.1, 0.15) is 38.3 Å². The minimum Gasteiger partial charge on any atom is -0.356 e. The Morgan fingerprint density at radius 1 is 1.38 bits per heavy atom.